The number of nitrogens with zero attached hydrogens (tertiary/aromatic N) is 4. The van der Waals surface area contributed by atoms with Crippen LogP contribution in [0.4, 0.5) is 10.6 Å². The zero-order valence-corrected chi connectivity index (χ0v) is 25.5. The Labute approximate surface area is 268 Å². The van der Waals surface area contributed by atoms with Crippen LogP contribution in [0.25, 0.3) is 0 Å². The summed E-state index contributed by atoms with van der Waals surface area (Å²) in [6.07, 6.45) is 4.33. The van der Waals surface area contributed by atoms with Crippen LogP contribution in [-0.2, 0) is 11.3 Å². The Morgan fingerprint density at radius 3 is 2.26 bits per heavy atom. The fourth-order valence-corrected chi connectivity index (χ4v) is 5.28. The number of anilines is 1. The molecule has 0 aliphatic carbocycles. The van der Waals surface area contributed by atoms with Gasteiger partial charge >= 0.3 is 6.09 Å². The molecule has 2 saturated heterocycles. The SMILES string of the molecule is O=C(Nc1ccc(OC(=O)N2CCC(COc3ccc(Oc4ccccn4)cc3)CC2)cn1)c1ccc(CN2CCOCC2)cc1. The summed E-state index contributed by atoms with van der Waals surface area (Å²) < 4.78 is 22.7. The first-order chi connectivity index (χ1) is 22.6. The van der Waals surface area contributed by atoms with Gasteiger partial charge in [0.2, 0.25) is 5.88 Å². The van der Waals surface area contributed by atoms with E-state index in [1.807, 2.05) is 60.7 Å². The highest BCUT2D eigenvalue weighted by atomic mass is 16.6. The van der Waals surface area contributed by atoms with E-state index < -0.39 is 6.09 Å². The second-order valence-electron chi connectivity index (χ2n) is 11.3. The van der Waals surface area contributed by atoms with Crippen molar-refractivity contribution >= 4 is 17.8 Å². The van der Waals surface area contributed by atoms with Gasteiger partial charge in [0.1, 0.15) is 17.3 Å². The number of carbonyl (C=O) groups is 2. The highest BCUT2D eigenvalue weighted by molar-refractivity contribution is 6.03. The van der Waals surface area contributed by atoms with Crippen molar-refractivity contribution in [2.24, 2.45) is 5.92 Å². The number of piperidine rings is 1. The molecule has 0 unspecified atom stereocenters. The van der Waals surface area contributed by atoms with Gasteiger partial charge in [-0.3, -0.25) is 9.69 Å². The van der Waals surface area contributed by atoms with Crippen LogP contribution >= 0.6 is 0 Å². The summed E-state index contributed by atoms with van der Waals surface area (Å²) >= 11 is 0. The molecule has 46 heavy (non-hydrogen) atoms. The average Bonchev–Trinajstić information content (AvgIpc) is 3.10. The van der Waals surface area contributed by atoms with E-state index in [9.17, 15) is 9.59 Å². The molecule has 1 N–H and O–H groups in total. The standard InChI is InChI=1S/C35H37N5O6/c41-34(28-6-4-26(5-7-28)24-39-19-21-43-22-20-39)38-32-13-12-31(23-37-32)46-35(42)40-17-14-27(15-18-40)25-44-29-8-10-30(11-9-29)45-33-3-1-2-16-36-33/h1-13,16,23,27H,14-15,17-22,24-25H2,(H,37,38,41). The van der Waals surface area contributed by atoms with E-state index in [1.54, 1.807) is 29.3 Å². The van der Waals surface area contributed by atoms with Gasteiger partial charge in [-0.05, 0) is 78.9 Å². The first-order valence-corrected chi connectivity index (χ1v) is 15.5. The van der Waals surface area contributed by atoms with Crippen LogP contribution < -0.4 is 19.5 Å². The molecular weight excluding hydrogens is 586 g/mol. The number of rotatable bonds is 10. The Bertz CT molecular complexity index is 1550. The smallest absolute Gasteiger partial charge is 0.415 e. The largest absolute Gasteiger partial charge is 0.493 e. The molecule has 0 bridgehead atoms. The van der Waals surface area contributed by atoms with Crippen LogP contribution in [0.5, 0.6) is 23.1 Å². The average molecular weight is 624 g/mol. The number of benzene rings is 2. The van der Waals surface area contributed by atoms with Crippen LogP contribution in [0.3, 0.4) is 0 Å². The summed E-state index contributed by atoms with van der Waals surface area (Å²) in [6, 6.07) is 23.8. The molecule has 2 fully saturated rings. The molecule has 2 aromatic carbocycles. The quantitative estimate of drug-likeness (QED) is 0.240. The monoisotopic (exact) mass is 623 g/mol. The first kappa shape index (κ1) is 31.0. The molecule has 0 atom stereocenters. The van der Waals surface area contributed by atoms with E-state index in [0.717, 1.165) is 57.0 Å². The van der Waals surface area contributed by atoms with Crippen LogP contribution in [-0.4, -0.2) is 77.8 Å². The number of morpholine rings is 1. The van der Waals surface area contributed by atoms with Crippen molar-refractivity contribution in [3.63, 3.8) is 0 Å². The van der Waals surface area contributed by atoms with Crippen molar-refractivity contribution < 1.29 is 28.5 Å². The van der Waals surface area contributed by atoms with E-state index in [2.05, 4.69) is 20.2 Å². The maximum atomic E-state index is 12.8. The number of aromatic nitrogens is 2. The number of amides is 2. The van der Waals surface area contributed by atoms with E-state index in [1.165, 1.54) is 6.20 Å². The summed E-state index contributed by atoms with van der Waals surface area (Å²) in [5.74, 6) is 2.76. The van der Waals surface area contributed by atoms with Gasteiger partial charge in [-0.2, -0.15) is 0 Å². The number of pyridine rings is 2. The Morgan fingerprint density at radius 2 is 1.57 bits per heavy atom. The number of carbonyl (C=O) groups excluding carboxylic acids is 2. The lowest BCUT2D eigenvalue weighted by molar-refractivity contribution is 0.0342. The highest BCUT2D eigenvalue weighted by Gasteiger charge is 2.25. The molecule has 4 heterocycles. The Hall–Kier alpha value is -5.00. The molecule has 6 rings (SSSR count). The predicted molar refractivity (Wildman–Crippen MR) is 171 cm³/mol. The molecule has 2 amide bonds. The number of hydrogen-bond acceptors (Lipinski definition) is 9. The third-order valence-electron chi connectivity index (χ3n) is 7.95. The van der Waals surface area contributed by atoms with Gasteiger partial charge in [-0.1, -0.05) is 18.2 Å². The minimum atomic E-state index is -0.418. The molecular formula is C35H37N5O6. The van der Waals surface area contributed by atoms with Crippen LogP contribution in [0, 0.1) is 5.92 Å². The molecule has 2 aromatic heterocycles. The molecule has 0 radical (unpaired) electrons. The molecule has 238 valence electrons. The van der Waals surface area contributed by atoms with Gasteiger partial charge in [-0.25, -0.2) is 14.8 Å². The third-order valence-corrected chi connectivity index (χ3v) is 7.95. The van der Waals surface area contributed by atoms with E-state index in [-0.39, 0.29) is 5.91 Å². The normalized spacial score (nSPS) is 15.6. The summed E-state index contributed by atoms with van der Waals surface area (Å²) in [5.41, 5.74) is 1.69. The van der Waals surface area contributed by atoms with Gasteiger partial charge in [0.15, 0.2) is 5.75 Å². The maximum absolute atomic E-state index is 12.8. The highest BCUT2D eigenvalue weighted by Crippen LogP contribution is 2.25. The summed E-state index contributed by atoms with van der Waals surface area (Å²) in [6.45, 7) is 5.89. The third kappa shape index (κ3) is 8.80. The Morgan fingerprint density at radius 1 is 0.826 bits per heavy atom. The predicted octanol–water partition coefficient (Wildman–Crippen LogP) is 5.64. The van der Waals surface area contributed by atoms with Crippen molar-refractivity contribution in [2.75, 3.05) is 51.3 Å². The molecule has 2 aliphatic heterocycles. The minimum absolute atomic E-state index is 0.256. The number of nitrogens with one attached hydrogen (secondary N) is 1. The van der Waals surface area contributed by atoms with Gasteiger partial charge < -0.3 is 29.2 Å². The maximum Gasteiger partial charge on any atom is 0.415 e. The van der Waals surface area contributed by atoms with Crippen LogP contribution in [0.15, 0.2) is 91.3 Å². The summed E-state index contributed by atoms with van der Waals surface area (Å²) in [7, 11) is 0. The zero-order chi connectivity index (χ0) is 31.6. The van der Waals surface area contributed by atoms with Crippen molar-refractivity contribution in [2.45, 2.75) is 19.4 Å². The number of ether oxygens (including phenoxy) is 4. The summed E-state index contributed by atoms with van der Waals surface area (Å²) in [4.78, 5) is 37.9. The van der Waals surface area contributed by atoms with Crippen LogP contribution in [0.2, 0.25) is 0 Å². The lowest BCUT2D eigenvalue weighted by Gasteiger charge is -2.31. The number of likely N-dealkylation sites (tertiary alicyclic amines) is 1. The molecule has 11 heteroatoms. The zero-order valence-electron chi connectivity index (χ0n) is 25.5. The second kappa shape index (κ2) is 15.3. The fourth-order valence-electron chi connectivity index (χ4n) is 5.28. The lowest BCUT2D eigenvalue weighted by atomic mass is 9.98. The topological polar surface area (TPSA) is 115 Å². The van der Waals surface area contributed by atoms with Crippen LogP contribution in [0.1, 0.15) is 28.8 Å². The van der Waals surface area contributed by atoms with Crippen molar-refractivity contribution in [3.05, 3.63) is 102 Å². The van der Waals surface area contributed by atoms with Gasteiger partial charge in [0.25, 0.3) is 5.91 Å². The first-order valence-electron chi connectivity index (χ1n) is 15.5. The minimum Gasteiger partial charge on any atom is -0.493 e. The van der Waals surface area contributed by atoms with Gasteiger partial charge in [0, 0.05) is 50.6 Å². The van der Waals surface area contributed by atoms with E-state index >= 15 is 0 Å². The number of hydrogen-bond donors (Lipinski definition) is 1. The van der Waals surface area contributed by atoms with E-state index in [4.69, 9.17) is 18.9 Å². The molecule has 2 aliphatic rings. The molecule has 0 spiro atoms. The van der Waals surface area contributed by atoms with Gasteiger partial charge in [-0.15, -0.1) is 0 Å². The van der Waals surface area contributed by atoms with E-state index in [0.29, 0.717) is 54.4 Å². The van der Waals surface area contributed by atoms with Crippen molar-refractivity contribution in [3.8, 4) is 23.1 Å². The molecule has 11 nitrogen and oxygen atoms in total. The Kier molecular flexibility index (Phi) is 10.3. The van der Waals surface area contributed by atoms with Crippen molar-refractivity contribution in [1.29, 1.82) is 0 Å². The van der Waals surface area contributed by atoms with Crippen molar-refractivity contribution in [1.82, 2.24) is 19.8 Å². The Balaban J connectivity index is 0.898. The van der Waals surface area contributed by atoms with Gasteiger partial charge in [0.05, 0.1) is 26.0 Å². The molecule has 0 saturated carbocycles. The second-order valence-corrected chi connectivity index (χ2v) is 11.3. The lowest BCUT2D eigenvalue weighted by Crippen LogP contribution is -2.41. The summed E-state index contributed by atoms with van der Waals surface area (Å²) in [5, 5.41) is 2.80. The fraction of sp³-hybridized carbons (Fsp3) is 0.314. The molecule has 4 aromatic rings.